The highest BCUT2D eigenvalue weighted by molar-refractivity contribution is 7.89. The summed E-state index contributed by atoms with van der Waals surface area (Å²) in [6.07, 6.45) is 3.52. The van der Waals surface area contributed by atoms with Crippen LogP contribution in [-0.4, -0.2) is 32.0 Å². The van der Waals surface area contributed by atoms with E-state index in [9.17, 15) is 8.42 Å². The van der Waals surface area contributed by atoms with E-state index in [-0.39, 0.29) is 6.04 Å². The molecule has 136 valence electrons. The molecule has 1 aliphatic rings. The number of benzene rings is 1. The second kappa shape index (κ2) is 8.45. The van der Waals surface area contributed by atoms with Crippen molar-refractivity contribution in [1.29, 1.82) is 0 Å². The highest BCUT2D eigenvalue weighted by Crippen LogP contribution is 2.27. The standard InChI is InChI=1S/C19H25NO3S2/c1-2-4-16-6-8-19(9-7-16)25(21,22)20(15-18-5-3-14-24-18)17-10-12-23-13-11-17/h3,5-9,14,17H,2,4,10-13,15H2,1H3. The molecular weight excluding hydrogens is 354 g/mol. The molecule has 0 spiro atoms. The summed E-state index contributed by atoms with van der Waals surface area (Å²) in [5.41, 5.74) is 1.18. The van der Waals surface area contributed by atoms with Crippen LogP contribution in [0.15, 0.2) is 46.7 Å². The van der Waals surface area contributed by atoms with Crippen molar-refractivity contribution in [3.8, 4) is 0 Å². The van der Waals surface area contributed by atoms with E-state index in [1.54, 1.807) is 27.8 Å². The van der Waals surface area contributed by atoms with Gasteiger partial charge in [-0.2, -0.15) is 4.31 Å². The summed E-state index contributed by atoms with van der Waals surface area (Å²) in [6.45, 7) is 3.80. The Balaban J connectivity index is 1.89. The Morgan fingerprint density at radius 1 is 1.16 bits per heavy atom. The third kappa shape index (κ3) is 4.50. The van der Waals surface area contributed by atoms with Crippen molar-refractivity contribution >= 4 is 21.4 Å². The molecule has 1 aliphatic heterocycles. The van der Waals surface area contributed by atoms with Crippen molar-refractivity contribution in [1.82, 2.24) is 4.31 Å². The van der Waals surface area contributed by atoms with Crippen molar-refractivity contribution < 1.29 is 13.2 Å². The smallest absolute Gasteiger partial charge is 0.243 e. The molecule has 1 aromatic carbocycles. The molecule has 25 heavy (non-hydrogen) atoms. The lowest BCUT2D eigenvalue weighted by Gasteiger charge is -2.33. The molecule has 4 nitrogen and oxygen atoms in total. The first kappa shape index (κ1) is 18.6. The summed E-state index contributed by atoms with van der Waals surface area (Å²) < 4.78 is 33.7. The second-order valence-corrected chi connectivity index (χ2v) is 9.29. The Hall–Kier alpha value is -1.21. The third-order valence-electron chi connectivity index (χ3n) is 4.56. The van der Waals surface area contributed by atoms with Crippen LogP contribution in [0.4, 0.5) is 0 Å². The number of aryl methyl sites for hydroxylation is 1. The van der Waals surface area contributed by atoms with E-state index >= 15 is 0 Å². The monoisotopic (exact) mass is 379 g/mol. The Morgan fingerprint density at radius 3 is 2.48 bits per heavy atom. The predicted molar refractivity (Wildman–Crippen MR) is 101 cm³/mol. The SMILES string of the molecule is CCCc1ccc(S(=O)(=O)N(Cc2cccs2)C2CCOCC2)cc1. The lowest BCUT2D eigenvalue weighted by molar-refractivity contribution is 0.0571. The number of hydrogen-bond acceptors (Lipinski definition) is 4. The van der Waals surface area contributed by atoms with Crippen LogP contribution in [-0.2, 0) is 27.7 Å². The van der Waals surface area contributed by atoms with E-state index in [0.717, 1.165) is 30.6 Å². The number of rotatable bonds is 7. The average Bonchev–Trinajstić information content (AvgIpc) is 3.14. The molecule has 0 N–H and O–H groups in total. The van der Waals surface area contributed by atoms with Crippen LogP contribution in [0, 0.1) is 0 Å². The summed E-state index contributed by atoms with van der Waals surface area (Å²) in [7, 11) is -3.52. The van der Waals surface area contributed by atoms with Crippen LogP contribution in [0.1, 0.15) is 36.6 Å². The summed E-state index contributed by atoms with van der Waals surface area (Å²) in [6, 6.07) is 11.3. The Kier molecular flexibility index (Phi) is 6.28. The van der Waals surface area contributed by atoms with Crippen LogP contribution in [0.25, 0.3) is 0 Å². The third-order valence-corrected chi connectivity index (χ3v) is 7.33. The lowest BCUT2D eigenvalue weighted by Crippen LogP contribution is -2.42. The van der Waals surface area contributed by atoms with Crippen molar-refractivity contribution in [3.05, 3.63) is 52.2 Å². The van der Waals surface area contributed by atoms with E-state index < -0.39 is 10.0 Å². The van der Waals surface area contributed by atoms with Crippen molar-refractivity contribution in [3.63, 3.8) is 0 Å². The van der Waals surface area contributed by atoms with Gasteiger partial charge in [-0.15, -0.1) is 11.3 Å². The van der Waals surface area contributed by atoms with Gasteiger partial charge in [-0.3, -0.25) is 0 Å². The fourth-order valence-corrected chi connectivity index (χ4v) is 5.64. The molecule has 1 saturated heterocycles. The molecule has 0 aliphatic carbocycles. The van der Waals surface area contributed by atoms with E-state index in [2.05, 4.69) is 6.92 Å². The Bertz CT molecular complexity index is 748. The minimum Gasteiger partial charge on any atom is -0.381 e. The highest BCUT2D eigenvalue weighted by atomic mass is 32.2. The van der Waals surface area contributed by atoms with E-state index in [1.807, 2.05) is 29.6 Å². The van der Waals surface area contributed by atoms with Crippen molar-refractivity contribution in [2.75, 3.05) is 13.2 Å². The Morgan fingerprint density at radius 2 is 1.88 bits per heavy atom. The van der Waals surface area contributed by atoms with Crippen molar-refractivity contribution in [2.45, 2.75) is 50.1 Å². The number of sulfonamides is 1. The van der Waals surface area contributed by atoms with Crippen LogP contribution in [0.5, 0.6) is 0 Å². The fourth-order valence-electron chi connectivity index (χ4n) is 3.19. The van der Waals surface area contributed by atoms with Crippen LogP contribution in [0.3, 0.4) is 0 Å². The molecule has 3 rings (SSSR count). The molecule has 6 heteroatoms. The molecule has 0 atom stereocenters. The van der Waals surface area contributed by atoms with Gasteiger partial charge in [0, 0.05) is 30.7 Å². The number of ether oxygens (including phenoxy) is 1. The highest BCUT2D eigenvalue weighted by Gasteiger charge is 2.32. The first-order chi connectivity index (χ1) is 12.1. The molecule has 0 radical (unpaired) electrons. The maximum Gasteiger partial charge on any atom is 0.243 e. The van der Waals surface area contributed by atoms with Gasteiger partial charge < -0.3 is 4.74 Å². The molecule has 0 saturated carbocycles. The lowest BCUT2D eigenvalue weighted by atomic mass is 10.1. The van der Waals surface area contributed by atoms with Gasteiger partial charge in [-0.1, -0.05) is 31.5 Å². The molecule has 1 aromatic heterocycles. The minimum atomic E-state index is -3.52. The first-order valence-electron chi connectivity index (χ1n) is 8.82. The molecule has 0 bridgehead atoms. The molecular formula is C19H25NO3S2. The summed E-state index contributed by atoms with van der Waals surface area (Å²) in [5, 5.41) is 1.99. The Labute approximate surface area is 154 Å². The number of thiophene rings is 1. The zero-order chi connectivity index (χ0) is 17.7. The van der Waals surface area contributed by atoms with Gasteiger partial charge >= 0.3 is 0 Å². The molecule has 0 unspecified atom stereocenters. The van der Waals surface area contributed by atoms with Gasteiger partial charge in [-0.05, 0) is 48.4 Å². The van der Waals surface area contributed by atoms with Gasteiger partial charge in [0.05, 0.1) is 4.90 Å². The zero-order valence-electron chi connectivity index (χ0n) is 14.6. The van der Waals surface area contributed by atoms with Gasteiger partial charge in [-0.25, -0.2) is 8.42 Å². The summed E-state index contributed by atoms with van der Waals surface area (Å²) in [4.78, 5) is 1.45. The molecule has 0 amide bonds. The van der Waals surface area contributed by atoms with Crippen LogP contribution < -0.4 is 0 Å². The normalized spacial score (nSPS) is 16.4. The van der Waals surface area contributed by atoms with E-state index in [1.165, 1.54) is 5.56 Å². The zero-order valence-corrected chi connectivity index (χ0v) is 16.2. The molecule has 1 fully saturated rings. The summed E-state index contributed by atoms with van der Waals surface area (Å²) in [5.74, 6) is 0. The number of hydrogen-bond donors (Lipinski definition) is 0. The first-order valence-corrected chi connectivity index (χ1v) is 11.1. The fraction of sp³-hybridized carbons (Fsp3) is 0.474. The van der Waals surface area contributed by atoms with E-state index in [0.29, 0.717) is 24.7 Å². The molecule has 2 heterocycles. The van der Waals surface area contributed by atoms with Crippen LogP contribution >= 0.6 is 11.3 Å². The van der Waals surface area contributed by atoms with E-state index in [4.69, 9.17) is 4.74 Å². The van der Waals surface area contributed by atoms with Crippen molar-refractivity contribution in [2.24, 2.45) is 0 Å². The minimum absolute atomic E-state index is 0.00355. The second-order valence-electron chi connectivity index (χ2n) is 6.37. The largest absolute Gasteiger partial charge is 0.381 e. The van der Waals surface area contributed by atoms with Crippen LogP contribution in [0.2, 0.25) is 0 Å². The average molecular weight is 380 g/mol. The van der Waals surface area contributed by atoms with Gasteiger partial charge in [0.15, 0.2) is 0 Å². The predicted octanol–water partition coefficient (Wildman–Crippen LogP) is 4.07. The maximum absolute atomic E-state index is 13.3. The topological polar surface area (TPSA) is 46.6 Å². The van der Waals surface area contributed by atoms with Gasteiger partial charge in [0.2, 0.25) is 10.0 Å². The van der Waals surface area contributed by atoms with Gasteiger partial charge in [0.1, 0.15) is 0 Å². The van der Waals surface area contributed by atoms with Gasteiger partial charge in [0.25, 0.3) is 0 Å². The number of nitrogens with zero attached hydrogens (tertiary/aromatic N) is 1. The summed E-state index contributed by atoms with van der Waals surface area (Å²) >= 11 is 1.60. The molecule has 2 aromatic rings. The quantitative estimate of drug-likeness (QED) is 0.728. The maximum atomic E-state index is 13.3.